The molecule has 2 rings (SSSR count). The Labute approximate surface area is 119 Å². The Morgan fingerprint density at radius 2 is 2.25 bits per heavy atom. The second kappa shape index (κ2) is 7.10. The summed E-state index contributed by atoms with van der Waals surface area (Å²) < 4.78 is 5.23. The van der Waals surface area contributed by atoms with Crippen LogP contribution in [0.3, 0.4) is 0 Å². The third kappa shape index (κ3) is 3.61. The van der Waals surface area contributed by atoms with Crippen LogP contribution in [0.15, 0.2) is 30.3 Å². The summed E-state index contributed by atoms with van der Waals surface area (Å²) in [5.74, 6) is 0.811. The van der Waals surface area contributed by atoms with Gasteiger partial charge in [-0.2, -0.15) is 0 Å². The SMILES string of the molecule is COc1ccccc1/C=C/C(=O)NC1CCCC1CO. The number of ether oxygens (including phenoxy) is 1. The van der Waals surface area contributed by atoms with E-state index in [-0.39, 0.29) is 24.5 Å². The summed E-state index contributed by atoms with van der Waals surface area (Å²) in [5, 5.41) is 12.2. The van der Waals surface area contributed by atoms with Crippen molar-refractivity contribution in [2.75, 3.05) is 13.7 Å². The van der Waals surface area contributed by atoms with Gasteiger partial charge in [-0.25, -0.2) is 0 Å². The lowest BCUT2D eigenvalue weighted by Crippen LogP contribution is -2.37. The molecule has 2 N–H and O–H groups in total. The largest absolute Gasteiger partial charge is 0.496 e. The van der Waals surface area contributed by atoms with E-state index in [9.17, 15) is 9.90 Å². The monoisotopic (exact) mass is 275 g/mol. The van der Waals surface area contributed by atoms with E-state index in [1.807, 2.05) is 24.3 Å². The van der Waals surface area contributed by atoms with E-state index in [2.05, 4.69) is 5.32 Å². The second-order valence-corrected chi connectivity index (χ2v) is 5.06. The lowest BCUT2D eigenvalue weighted by atomic mass is 10.1. The molecular weight excluding hydrogens is 254 g/mol. The molecule has 1 aliphatic carbocycles. The normalized spacial score (nSPS) is 22.1. The number of hydrogen-bond donors (Lipinski definition) is 2. The van der Waals surface area contributed by atoms with E-state index in [0.29, 0.717) is 0 Å². The zero-order chi connectivity index (χ0) is 14.4. The Morgan fingerprint density at radius 1 is 1.45 bits per heavy atom. The first-order valence-corrected chi connectivity index (χ1v) is 6.97. The minimum Gasteiger partial charge on any atom is -0.496 e. The lowest BCUT2D eigenvalue weighted by Gasteiger charge is -2.17. The molecule has 1 amide bonds. The molecule has 1 aromatic carbocycles. The number of amides is 1. The number of aliphatic hydroxyl groups excluding tert-OH is 1. The van der Waals surface area contributed by atoms with Gasteiger partial charge in [-0.3, -0.25) is 4.79 Å². The number of aliphatic hydroxyl groups is 1. The summed E-state index contributed by atoms with van der Waals surface area (Å²) in [7, 11) is 1.61. The van der Waals surface area contributed by atoms with Gasteiger partial charge < -0.3 is 15.2 Å². The zero-order valence-corrected chi connectivity index (χ0v) is 11.7. The van der Waals surface area contributed by atoms with Crippen LogP contribution in [0.2, 0.25) is 0 Å². The fraction of sp³-hybridized carbons (Fsp3) is 0.438. The highest BCUT2D eigenvalue weighted by molar-refractivity contribution is 5.92. The number of para-hydroxylation sites is 1. The molecule has 1 fully saturated rings. The van der Waals surface area contributed by atoms with Gasteiger partial charge in [0, 0.05) is 30.2 Å². The summed E-state index contributed by atoms with van der Waals surface area (Å²) >= 11 is 0. The Hall–Kier alpha value is -1.81. The molecule has 1 saturated carbocycles. The number of carbonyl (C=O) groups is 1. The Kier molecular flexibility index (Phi) is 5.18. The van der Waals surface area contributed by atoms with Crippen molar-refractivity contribution in [2.24, 2.45) is 5.92 Å². The van der Waals surface area contributed by atoms with Crippen LogP contribution >= 0.6 is 0 Å². The van der Waals surface area contributed by atoms with Crippen LogP contribution in [0.5, 0.6) is 5.75 Å². The molecule has 0 aromatic heterocycles. The smallest absolute Gasteiger partial charge is 0.244 e. The molecule has 0 heterocycles. The maximum atomic E-state index is 11.9. The van der Waals surface area contributed by atoms with Crippen molar-refractivity contribution in [3.8, 4) is 5.75 Å². The molecule has 0 saturated heterocycles. The van der Waals surface area contributed by atoms with Gasteiger partial charge in [0.2, 0.25) is 5.91 Å². The molecule has 1 aromatic rings. The quantitative estimate of drug-likeness (QED) is 0.808. The van der Waals surface area contributed by atoms with Crippen molar-refractivity contribution in [2.45, 2.75) is 25.3 Å². The topological polar surface area (TPSA) is 58.6 Å². The van der Waals surface area contributed by atoms with E-state index >= 15 is 0 Å². The standard InChI is InChI=1S/C16H21NO3/c1-20-15-8-3-2-5-12(15)9-10-16(19)17-14-7-4-6-13(14)11-18/h2-3,5,8-10,13-14,18H,4,6-7,11H2,1H3,(H,17,19)/b10-9+. The molecule has 4 nitrogen and oxygen atoms in total. The number of carbonyl (C=O) groups excluding carboxylic acids is 1. The van der Waals surface area contributed by atoms with E-state index in [1.165, 1.54) is 6.08 Å². The summed E-state index contributed by atoms with van der Waals surface area (Å²) in [6.07, 6.45) is 6.26. The minimum absolute atomic E-state index is 0.0924. The first kappa shape index (κ1) is 14.6. The van der Waals surface area contributed by atoms with Gasteiger partial charge in [0.05, 0.1) is 7.11 Å². The molecule has 0 spiro atoms. The first-order valence-electron chi connectivity index (χ1n) is 6.97. The van der Waals surface area contributed by atoms with Crippen molar-refractivity contribution in [1.82, 2.24) is 5.32 Å². The molecule has 2 atom stereocenters. The van der Waals surface area contributed by atoms with Gasteiger partial charge in [-0.05, 0) is 25.0 Å². The average molecular weight is 275 g/mol. The van der Waals surface area contributed by atoms with E-state index < -0.39 is 0 Å². The van der Waals surface area contributed by atoms with Crippen molar-refractivity contribution in [3.63, 3.8) is 0 Å². The van der Waals surface area contributed by atoms with Crippen LogP contribution in [0.1, 0.15) is 24.8 Å². The van der Waals surface area contributed by atoms with Gasteiger partial charge in [-0.15, -0.1) is 0 Å². The molecule has 20 heavy (non-hydrogen) atoms. The molecule has 2 unspecified atom stereocenters. The van der Waals surface area contributed by atoms with Gasteiger partial charge >= 0.3 is 0 Å². The van der Waals surface area contributed by atoms with Crippen LogP contribution in [-0.4, -0.2) is 30.8 Å². The van der Waals surface area contributed by atoms with Crippen molar-refractivity contribution in [3.05, 3.63) is 35.9 Å². The first-order chi connectivity index (χ1) is 9.74. The molecular formula is C16H21NO3. The lowest BCUT2D eigenvalue weighted by molar-refractivity contribution is -0.117. The van der Waals surface area contributed by atoms with Crippen LogP contribution in [0.4, 0.5) is 0 Å². The zero-order valence-electron chi connectivity index (χ0n) is 11.7. The highest BCUT2D eigenvalue weighted by Crippen LogP contribution is 2.25. The van der Waals surface area contributed by atoms with Gasteiger partial charge in [0.25, 0.3) is 0 Å². The fourth-order valence-electron chi connectivity index (χ4n) is 2.65. The van der Waals surface area contributed by atoms with E-state index in [0.717, 1.165) is 30.6 Å². The van der Waals surface area contributed by atoms with Crippen molar-refractivity contribution in [1.29, 1.82) is 0 Å². The molecule has 0 bridgehead atoms. The Morgan fingerprint density at radius 3 is 3.00 bits per heavy atom. The predicted molar refractivity (Wildman–Crippen MR) is 78.4 cm³/mol. The molecule has 108 valence electrons. The van der Waals surface area contributed by atoms with Crippen LogP contribution in [-0.2, 0) is 4.79 Å². The molecule has 4 heteroatoms. The summed E-state index contributed by atoms with van der Waals surface area (Å²) in [6.45, 7) is 0.140. The van der Waals surface area contributed by atoms with Crippen molar-refractivity contribution < 1.29 is 14.6 Å². The highest BCUT2D eigenvalue weighted by atomic mass is 16.5. The number of rotatable bonds is 5. The number of hydrogen-bond acceptors (Lipinski definition) is 3. The third-order valence-corrected chi connectivity index (χ3v) is 3.77. The summed E-state index contributed by atoms with van der Waals surface area (Å²) in [6, 6.07) is 7.64. The highest BCUT2D eigenvalue weighted by Gasteiger charge is 2.27. The Balaban J connectivity index is 1.95. The van der Waals surface area contributed by atoms with Gasteiger partial charge in [0.15, 0.2) is 0 Å². The van der Waals surface area contributed by atoms with Gasteiger partial charge in [-0.1, -0.05) is 24.6 Å². The number of methoxy groups -OCH3 is 1. The second-order valence-electron chi connectivity index (χ2n) is 5.06. The Bertz CT molecular complexity index is 484. The van der Waals surface area contributed by atoms with Gasteiger partial charge in [0.1, 0.15) is 5.75 Å². The molecule has 0 aliphatic heterocycles. The minimum atomic E-state index is -0.124. The summed E-state index contributed by atoms with van der Waals surface area (Å²) in [5.41, 5.74) is 0.871. The molecule has 0 radical (unpaired) electrons. The van der Waals surface area contributed by atoms with E-state index in [1.54, 1.807) is 13.2 Å². The third-order valence-electron chi connectivity index (χ3n) is 3.77. The maximum absolute atomic E-state index is 11.9. The maximum Gasteiger partial charge on any atom is 0.244 e. The van der Waals surface area contributed by atoms with E-state index in [4.69, 9.17) is 4.74 Å². The summed E-state index contributed by atoms with van der Waals surface area (Å²) in [4.78, 5) is 11.9. The average Bonchev–Trinajstić information content (AvgIpc) is 2.92. The number of nitrogens with one attached hydrogen (secondary N) is 1. The van der Waals surface area contributed by atoms with Crippen molar-refractivity contribution >= 4 is 12.0 Å². The fourth-order valence-corrected chi connectivity index (χ4v) is 2.65. The van der Waals surface area contributed by atoms with Crippen LogP contribution in [0, 0.1) is 5.92 Å². The molecule has 1 aliphatic rings. The predicted octanol–water partition coefficient (Wildman–Crippen LogP) is 1.99. The number of benzene rings is 1. The van der Waals surface area contributed by atoms with Crippen LogP contribution < -0.4 is 10.1 Å². The van der Waals surface area contributed by atoms with Crippen LogP contribution in [0.25, 0.3) is 6.08 Å².